The number of hydrogen-bond acceptors (Lipinski definition) is 2. The monoisotopic (exact) mass is 242 g/mol. The van der Waals surface area contributed by atoms with Crippen LogP contribution in [-0.4, -0.2) is 19.0 Å². The highest BCUT2D eigenvalue weighted by Gasteiger charge is 2.19. The van der Waals surface area contributed by atoms with Crippen molar-refractivity contribution < 1.29 is 13.6 Å². The van der Waals surface area contributed by atoms with Gasteiger partial charge in [0, 0.05) is 6.54 Å². The average molecular weight is 242 g/mol. The highest BCUT2D eigenvalue weighted by atomic mass is 19.1. The molecule has 0 aliphatic carbocycles. The van der Waals surface area contributed by atoms with Gasteiger partial charge in [0.2, 0.25) is 0 Å². The van der Waals surface area contributed by atoms with Gasteiger partial charge < -0.3 is 11.1 Å². The first kappa shape index (κ1) is 13.6. The van der Waals surface area contributed by atoms with Crippen LogP contribution in [0.3, 0.4) is 0 Å². The summed E-state index contributed by atoms with van der Waals surface area (Å²) < 4.78 is 27.0. The van der Waals surface area contributed by atoms with Crippen molar-refractivity contribution in [3.05, 3.63) is 34.9 Å². The van der Waals surface area contributed by atoms with Crippen LogP contribution in [-0.2, 0) is 0 Å². The minimum atomic E-state index is -0.856. The molecular weight excluding hydrogens is 226 g/mol. The summed E-state index contributed by atoms with van der Waals surface area (Å²) in [6, 6.07) is 2.38. The molecule has 0 fully saturated rings. The van der Waals surface area contributed by atoms with E-state index in [1.54, 1.807) is 0 Å². The number of carbonyl (C=O) groups excluding carboxylic acids is 1. The fraction of sp³-hybridized carbons (Fsp3) is 0.417. The molecule has 17 heavy (non-hydrogen) atoms. The van der Waals surface area contributed by atoms with Crippen molar-refractivity contribution in [3.8, 4) is 0 Å². The lowest BCUT2D eigenvalue weighted by molar-refractivity contribution is 0.0940. The first-order valence-electron chi connectivity index (χ1n) is 5.40. The number of rotatable bonds is 4. The van der Waals surface area contributed by atoms with Crippen molar-refractivity contribution >= 4 is 5.91 Å². The van der Waals surface area contributed by atoms with Gasteiger partial charge in [-0.25, -0.2) is 8.78 Å². The van der Waals surface area contributed by atoms with Crippen molar-refractivity contribution in [2.75, 3.05) is 13.1 Å². The highest BCUT2D eigenvalue weighted by Crippen LogP contribution is 2.16. The van der Waals surface area contributed by atoms with Crippen LogP contribution in [0.5, 0.6) is 0 Å². The van der Waals surface area contributed by atoms with Crippen LogP contribution in [0.15, 0.2) is 12.1 Å². The van der Waals surface area contributed by atoms with Gasteiger partial charge in [0.25, 0.3) is 5.91 Å². The van der Waals surface area contributed by atoms with Crippen LogP contribution in [0.2, 0.25) is 0 Å². The molecule has 0 heterocycles. The van der Waals surface area contributed by atoms with Gasteiger partial charge in [-0.05, 0) is 31.0 Å². The molecule has 1 amide bonds. The molecule has 0 saturated heterocycles. The lowest BCUT2D eigenvalue weighted by atomic mass is 10.1. The topological polar surface area (TPSA) is 55.1 Å². The van der Waals surface area contributed by atoms with Gasteiger partial charge in [0.1, 0.15) is 17.2 Å². The molecule has 0 radical (unpaired) electrons. The molecule has 0 saturated carbocycles. The van der Waals surface area contributed by atoms with Crippen molar-refractivity contribution in [2.24, 2.45) is 11.7 Å². The fourth-order valence-corrected chi connectivity index (χ4v) is 1.30. The zero-order valence-electron chi connectivity index (χ0n) is 9.89. The minimum Gasteiger partial charge on any atom is -0.352 e. The van der Waals surface area contributed by atoms with Crippen molar-refractivity contribution in [1.82, 2.24) is 5.32 Å². The summed E-state index contributed by atoms with van der Waals surface area (Å²) >= 11 is 0. The number of amides is 1. The second kappa shape index (κ2) is 5.72. The Morgan fingerprint density at radius 3 is 2.71 bits per heavy atom. The lowest BCUT2D eigenvalue weighted by Gasteiger charge is -2.11. The molecule has 5 heteroatoms. The van der Waals surface area contributed by atoms with E-state index >= 15 is 0 Å². The van der Waals surface area contributed by atoms with E-state index in [0.717, 1.165) is 6.07 Å². The summed E-state index contributed by atoms with van der Waals surface area (Å²) in [6.07, 6.45) is 0. The van der Waals surface area contributed by atoms with Gasteiger partial charge in [-0.2, -0.15) is 0 Å². The predicted octanol–water partition coefficient (Wildman–Crippen LogP) is 1.60. The summed E-state index contributed by atoms with van der Waals surface area (Å²) in [6.45, 7) is 4.01. The van der Waals surface area contributed by atoms with Crippen molar-refractivity contribution in [3.63, 3.8) is 0 Å². The van der Waals surface area contributed by atoms with Crippen molar-refractivity contribution in [1.29, 1.82) is 0 Å². The molecule has 1 aromatic rings. The molecule has 1 atom stereocenters. The third kappa shape index (κ3) is 3.23. The van der Waals surface area contributed by atoms with E-state index in [2.05, 4.69) is 5.32 Å². The van der Waals surface area contributed by atoms with Gasteiger partial charge in [-0.15, -0.1) is 0 Å². The number of halogens is 2. The van der Waals surface area contributed by atoms with Crippen molar-refractivity contribution in [2.45, 2.75) is 13.8 Å². The number of aryl methyl sites for hydroxylation is 1. The van der Waals surface area contributed by atoms with Gasteiger partial charge in [0.15, 0.2) is 0 Å². The Morgan fingerprint density at radius 2 is 2.12 bits per heavy atom. The summed E-state index contributed by atoms with van der Waals surface area (Å²) in [7, 11) is 0. The molecule has 0 aliphatic heterocycles. The molecule has 1 rings (SSSR count). The van der Waals surface area contributed by atoms with E-state index in [-0.39, 0.29) is 11.5 Å². The summed E-state index contributed by atoms with van der Waals surface area (Å²) in [5.41, 5.74) is 5.09. The highest BCUT2D eigenvalue weighted by molar-refractivity contribution is 5.94. The van der Waals surface area contributed by atoms with E-state index < -0.39 is 23.1 Å². The van der Waals surface area contributed by atoms with E-state index in [1.165, 1.54) is 13.0 Å². The molecule has 0 bridgehead atoms. The quantitative estimate of drug-likeness (QED) is 0.842. The van der Waals surface area contributed by atoms with Gasteiger partial charge in [-0.3, -0.25) is 4.79 Å². The number of nitrogens with two attached hydrogens (primary N) is 1. The number of benzene rings is 1. The van der Waals surface area contributed by atoms with E-state index in [1.807, 2.05) is 6.92 Å². The number of carbonyl (C=O) groups is 1. The van der Waals surface area contributed by atoms with Crippen LogP contribution in [0, 0.1) is 24.5 Å². The maximum Gasteiger partial charge on any atom is 0.257 e. The van der Waals surface area contributed by atoms with Crippen LogP contribution in [0.25, 0.3) is 0 Å². The zero-order valence-corrected chi connectivity index (χ0v) is 9.89. The van der Waals surface area contributed by atoms with E-state index in [9.17, 15) is 13.6 Å². The average Bonchev–Trinajstić information content (AvgIpc) is 2.31. The number of hydrogen-bond donors (Lipinski definition) is 2. The molecule has 0 aromatic heterocycles. The smallest absolute Gasteiger partial charge is 0.257 e. The standard InChI is InChI=1S/C12H16F2N2O/c1-7(5-15)6-16-12(17)10-9(13)4-3-8(2)11(10)14/h3-4,7H,5-6,15H2,1-2H3,(H,16,17). The van der Waals surface area contributed by atoms with E-state index in [0.29, 0.717) is 13.1 Å². The predicted molar refractivity (Wildman–Crippen MR) is 61.6 cm³/mol. The molecule has 3 nitrogen and oxygen atoms in total. The van der Waals surface area contributed by atoms with Gasteiger partial charge in [-0.1, -0.05) is 13.0 Å². The third-order valence-electron chi connectivity index (χ3n) is 2.52. The zero-order chi connectivity index (χ0) is 13.0. The molecule has 0 spiro atoms. The Labute approximate surface area is 99.0 Å². The Hall–Kier alpha value is -1.49. The Kier molecular flexibility index (Phi) is 4.57. The maximum absolute atomic E-state index is 13.6. The van der Waals surface area contributed by atoms with Gasteiger partial charge >= 0.3 is 0 Å². The largest absolute Gasteiger partial charge is 0.352 e. The second-order valence-electron chi connectivity index (χ2n) is 4.10. The van der Waals surface area contributed by atoms with Crippen LogP contribution in [0.4, 0.5) is 8.78 Å². The molecule has 1 aromatic carbocycles. The Balaban J connectivity index is 2.86. The molecule has 1 unspecified atom stereocenters. The molecular formula is C12H16F2N2O. The number of nitrogens with one attached hydrogen (secondary N) is 1. The lowest BCUT2D eigenvalue weighted by Crippen LogP contribution is -2.32. The molecule has 94 valence electrons. The first-order chi connectivity index (χ1) is 7.97. The van der Waals surface area contributed by atoms with Crippen LogP contribution < -0.4 is 11.1 Å². The van der Waals surface area contributed by atoms with Crippen LogP contribution >= 0.6 is 0 Å². The Bertz CT molecular complexity index is 421. The normalized spacial score (nSPS) is 12.3. The summed E-state index contributed by atoms with van der Waals surface area (Å²) in [5.74, 6) is -2.35. The van der Waals surface area contributed by atoms with E-state index in [4.69, 9.17) is 5.73 Å². The first-order valence-corrected chi connectivity index (χ1v) is 5.40. The minimum absolute atomic E-state index is 0.0647. The fourth-order valence-electron chi connectivity index (χ4n) is 1.30. The third-order valence-corrected chi connectivity index (χ3v) is 2.52. The summed E-state index contributed by atoms with van der Waals surface area (Å²) in [4.78, 5) is 11.6. The molecule has 0 aliphatic rings. The molecule has 3 N–H and O–H groups in total. The second-order valence-corrected chi connectivity index (χ2v) is 4.10. The Morgan fingerprint density at radius 1 is 1.47 bits per heavy atom. The maximum atomic E-state index is 13.6. The van der Waals surface area contributed by atoms with Gasteiger partial charge in [0.05, 0.1) is 0 Å². The van der Waals surface area contributed by atoms with Crippen LogP contribution in [0.1, 0.15) is 22.8 Å². The summed E-state index contributed by atoms with van der Waals surface area (Å²) in [5, 5.41) is 2.46. The SMILES string of the molecule is Cc1ccc(F)c(C(=O)NCC(C)CN)c1F.